The molecule has 0 unspecified atom stereocenters. The van der Waals surface area contributed by atoms with Crippen LogP contribution in [0.2, 0.25) is 0 Å². The molecule has 2 N–H and O–H groups in total. The van der Waals surface area contributed by atoms with Gasteiger partial charge in [0.2, 0.25) is 5.76 Å². The number of carbonyl (C=O) groups excluding carboxylic acids is 1. The van der Waals surface area contributed by atoms with E-state index in [1.807, 2.05) is 19.1 Å². The van der Waals surface area contributed by atoms with E-state index in [-0.39, 0.29) is 18.3 Å². The van der Waals surface area contributed by atoms with Crippen LogP contribution >= 0.6 is 0 Å². The van der Waals surface area contributed by atoms with Gasteiger partial charge in [0.15, 0.2) is 6.39 Å². The van der Waals surface area contributed by atoms with E-state index in [0.29, 0.717) is 16.9 Å². The highest BCUT2D eigenvalue weighted by molar-refractivity contribution is 6.03. The summed E-state index contributed by atoms with van der Waals surface area (Å²) in [5.74, 6) is 5.20. The summed E-state index contributed by atoms with van der Waals surface area (Å²) in [5, 5.41) is 11.5. The number of nitrogens with one attached hydrogen (secondary N) is 1. The molecule has 5 heteroatoms. The number of oxazole rings is 1. The van der Waals surface area contributed by atoms with Gasteiger partial charge in [0, 0.05) is 11.3 Å². The van der Waals surface area contributed by atoms with E-state index in [1.165, 1.54) is 6.39 Å². The predicted octanol–water partition coefficient (Wildman–Crippen LogP) is 1.89. The van der Waals surface area contributed by atoms with Crippen molar-refractivity contribution in [2.24, 2.45) is 0 Å². The number of amides is 1. The average molecular weight is 270 g/mol. The molecule has 0 fully saturated rings. The van der Waals surface area contributed by atoms with Crippen LogP contribution in [0.5, 0.6) is 0 Å². The van der Waals surface area contributed by atoms with Crippen LogP contribution < -0.4 is 5.32 Å². The van der Waals surface area contributed by atoms with Crippen LogP contribution in [0.25, 0.3) is 0 Å². The lowest BCUT2D eigenvalue weighted by atomic mass is 10.1. The summed E-state index contributed by atoms with van der Waals surface area (Å²) in [6, 6.07) is 5.43. The lowest BCUT2D eigenvalue weighted by Gasteiger charge is -2.07. The smallest absolute Gasteiger partial charge is 0.293 e. The third kappa shape index (κ3) is 3.05. The van der Waals surface area contributed by atoms with E-state index in [4.69, 9.17) is 9.52 Å². The van der Waals surface area contributed by atoms with Crippen LogP contribution in [0.1, 0.15) is 27.4 Å². The summed E-state index contributed by atoms with van der Waals surface area (Å²) in [6.45, 7) is 3.38. The van der Waals surface area contributed by atoms with E-state index >= 15 is 0 Å². The predicted molar refractivity (Wildman–Crippen MR) is 74.3 cm³/mol. The summed E-state index contributed by atoms with van der Waals surface area (Å²) in [4.78, 5) is 15.9. The molecular formula is C15H14N2O3. The first kappa shape index (κ1) is 13.8. The number of hydrogen-bond donors (Lipinski definition) is 2. The van der Waals surface area contributed by atoms with E-state index in [2.05, 4.69) is 22.1 Å². The van der Waals surface area contributed by atoms with Gasteiger partial charge < -0.3 is 14.8 Å². The maximum atomic E-state index is 12.1. The van der Waals surface area contributed by atoms with Crippen molar-refractivity contribution in [1.29, 1.82) is 0 Å². The number of aromatic nitrogens is 1. The van der Waals surface area contributed by atoms with E-state index in [9.17, 15) is 4.79 Å². The zero-order valence-corrected chi connectivity index (χ0v) is 11.2. The number of anilines is 1. The van der Waals surface area contributed by atoms with Gasteiger partial charge in [-0.15, -0.1) is 0 Å². The van der Waals surface area contributed by atoms with Gasteiger partial charge in [0.05, 0.1) is 5.69 Å². The molecule has 20 heavy (non-hydrogen) atoms. The molecule has 5 nitrogen and oxygen atoms in total. The highest BCUT2D eigenvalue weighted by Crippen LogP contribution is 2.18. The second-order valence-corrected chi connectivity index (χ2v) is 4.21. The molecule has 0 spiro atoms. The Hall–Kier alpha value is -2.58. The normalized spacial score (nSPS) is 9.75. The quantitative estimate of drug-likeness (QED) is 0.817. The Balaban J connectivity index is 2.25. The molecule has 0 radical (unpaired) electrons. The molecule has 1 amide bonds. The Bertz CT molecular complexity index is 693. The van der Waals surface area contributed by atoms with Crippen LogP contribution in [0.4, 0.5) is 5.69 Å². The van der Waals surface area contributed by atoms with Gasteiger partial charge in [0.1, 0.15) is 6.61 Å². The molecule has 0 atom stereocenters. The molecule has 1 heterocycles. The largest absolute Gasteiger partial charge is 0.438 e. The summed E-state index contributed by atoms with van der Waals surface area (Å²) in [7, 11) is 0. The monoisotopic (exact) mass is 270 g/mol. The Kier molecular flexibility index (Phi) is 4.18. The summed E-state index contributed by atoms with van der Waals surface area (Å²) in [5.41, 5.74) is 2.81. The number of benzene rings is 1. The zero-order valence-electron chi connectivity index (χ0n) is 11.2. The van der Waals surface area contributed by atoms with Gasteiger partial charge in [-0.3, -0.25) is 4.79 Å². The van der Waals surface area contributed by atoms with Gasteiger partial charge >= 0.3 is 0 Å². The van der Waals surface area contributed by atoms with Crippen LogP contribution in [-0.2, 0) is 0 Å². The van der Waals surface area contributed by atoms with Crippen molar-refractivity contribution in [3.8, 4) is 11.8 Å². The summed E-state index contributed by atoms with van der Waals surface area (Å²) >= 11 is 0. The van der Waals surface area contributed by atoms with Crippen LogP contribution in [0.15, 0.2) is 29.0 Å². The Morgan fingerprint density at radius 1 is 1.45 bits per heavy atom. The molecule has 0 saturated heterocycles. The van der Waals surface area contributed by atoms with E-state index in [1.54, 1.807) is 13.0 Å². The molecule has 0 bridgehead atoms. The van der Waals surface area contributed by atoms with Gasteiger partial charge in [-0.25, -0.2) is 4.98 Å². The van der Waals surface area contributed by atoms with Crippen molar-refractivity contribution in [2.45, 2.75) is 13.8 Å². The zero-order chi connectivity index (χ0) is 14.5. The minimum atomic E-state index is -0.352. The minimum Gasteiger partial charge on any atom is -0.438 e. The molecule has 1 aromatic carbocycles. The fourth-order valence-corrected chi connectivity index (χ4v) is 1.67. The number of aliphatic hydroxyl groups is 1. The molecule has 1 aromatic heterocycles. The highest BCUT2D eigenvalue weighted by atomic mass is 16.3. The maximum absolute atomic E-state index is 12.1. The van der Waals surface area contributed by atoms with Crippen LogP contribution in [-0.4, -0.2) is 22.6 Å². The number of hydrogen-bond acceptors (Lipinski definition) is 4. The first-order valence-electron chi connectivity index (χ1n) is 6.03. The molecule has 0 aliphatic carbocycles. The first-order valence-corrected chi connectivity index (χ1v) is 6.03. The van der Waals surface area contributed by atoms with Gasteiger partial charge in [0.25, 0.3) is 5.91 Å². The topological polar surface area (TPSA) is 75.4 Å². The number of rotatable bonds is 2. The molecule has 0 saturated carbocycles. The van der Waals surface area contributed by atoms with E-state index < -0.39 is 0 Å². The van der Waals surface area contributed by atoms with Crippen molar-refractivity contribution >= 4 is 11.6 Å². The van der Waals surface area contributed by atoms with Gasteiger partial charge in [-0.1, -0.05) is 17.9 Å². The number of aryl methyl sites for hydroxylation is 2. The Morgan fingerprint density at radius 2 is 2.25 bits per heavy atom. The number of carbonyl (C=O) groups is 1. The number of nitrogens with zero attached hydrogens (tertiary/aromatic N) is 1. The molecule has 0 aliphatic rings. The molecule has 0 aliphatic heterocycles. The summed E-state index contributed by atoms with van der Waals surface area (Å²) < 4.78 is 5.05. The fraction of sp³-hybridized carbons (Fsp3) is 0.200. The third-order valence-electron chi connectivity index (χ3n) is 2.75. The lowest BCUT2D eigenvalue weighted by molar-refractivity contribution is 0.0996. The van der Waals surface area contributed by atoms with Crippen LogP contribution in [0.3, 0.4) is 0 Å². The van der Waals surface area contributed by atoms with E-state index in [0.717, 1.165) is 5.56 Å². The second-order valence-electron chi connectivity index (χ2n) is 4.21. The SMILES string of the molecule is Cc1ccc(C#CCO)cc1NC(=O)c1ocnc1C. The average Bonchev–Trinajstić information content (AvgIpc) is 2.86. The fourth-order valence-electron chi connectivity index (χ4n) is 1.67. The van der Waals surface area contributed by atoms with Gasteiger partial charge in [-0.2, -0.15) is 0 Å². The molecular weight excluding hydrogens is 256 g/mol. The maximum Gasteiger partial charge on any atom is 0.293 e. The first-order chi connectivity index (χ1) is 9.61. The lowest BCUT2D eigenvalue weighted by Crippen LogP contribution is -2.13. The number of aliphatic hydroxyl groups excluding tert-OH is 1. The van der Waals surface area contributed by atoms with Crippen molar-refractivity contribution < 1.29 is 14.3 Å². The van der Waals surface area contributed by atoms with Gasteiger partial charge in [-0.05, 0) is 31.5 Å². The standard InChI is InChI=1S/C15H14N2O3/c1-10-5-6-12(4-3-7-18)8-13(10)17-15(19)14-11(2)16-9-20-14/h5-6,8-9,18H,7H2,1-2H3,(H,17,19). The Morgan fingerprint density at radius 3 is 2.90 bits per heavy atom. The van der Waals surface area contributed by atoms with Crippen molar-refractivity contribution in [2.75, 3.05) is 11.9 Å². The highest BCUT2D eigenvalue weighted by Gasteiger charge is 2.14. The minimum absolute atomic E-state index is 0.191. The second kappa shape index (κ2) is 6.04. The molecule has 2 rings (SSSR count). The molecule has 102 valence electrons. The van der Waals surface area contributed by atoms with Crippen molar-refractivity contribution in [3.63, 3.8) is 0 Å². The summed E-state index contributed by atoms with van der Waals surface area (Å²) in [6.07, 6.45) is 1.24. The van der Waals surface area contributed by atoms with Crippen molar-refractivity contribution in [1.82, 2.24) is 4.98 Å². The Labute approximate surface area is 116 Å². The third-order valence-corrected chi connectivity index (χ3v) is 2.75. The van der Waals surface area contributed by atoms with Crippen molar-refractivity contribution in [3.05, 3.63) is 47.2 Å². The van der Waals surface area contributed by atoms with Crippen LogP contribution in [0, 0.1) is 25.7 Å². The molecule has 2 aromatic rings.